The van der Waals surface area contributed by atoms with E-state index >= 15 is 0 Å². The second kappa shape index (κ2) is 9.67. The molecule has 0 radical (unpaired) electrons. The first-order valence-corrected chi connectivity index (χ1v) is 13.7. The number of pyridine rings is 1. The molecule has 2 aromatic heterocycles. The number of rotatable bonds is 6. The number of hydrogen-bond acceptors (Lipinski definition) is 6. The standard InChI is InChI=1S/C26H29N3O6S/c1-16-4-6-22-20(13-16)24(26(31)32)21-14-19(5-7-23(21)28-22)36(33,34)29-10-8-17(9-11-29)25(30)27-15-18-3-2-12-35-18/h2-3,5,7,12,14,16-17H,4,6,8-11,13,15H2,1H3,(H,27,30)(H,31,32)/t16-/m1/s1. The number of nitrogens with zero attached hydrogens (tertiary/aromatic N) is 2. The molecule has 0 unspecified atom stereocenters. The molecule has 0 saturated carbocycles. The normalized spacial score (nSPS) is 19.2. The fourth-order valence-corrected chi connectivity index (χ4v) is 6.73. The summed E-state index contributed by atoms with van der Waals surface area (Å²) in [5.74, 6) is -0.460. The van der Waals surface area contributed by atoms with Crippen LogP contribution in [0, 0.1) is 11.8 Å². The van der Waals surface area contributed by atoms with E-state index in [1.165, 1.54) is 16.4 Å². The van der Waals surface area contributed by atoms with Gasteiger partial charge in [-0.05, 0) is 73.9 Å². The van der Waals surface area contributed by atoms with Gasteiger partial charge in [0.15, 0.2) is 0 Å². The van der Waals surface area contributed by atoms with Gasteiger partial charge in [0.05, 0.1) is 28.8 Å². The molecule has 9 nitrogen and oxygen atoms in total. The van der Waals surface area contributed by atoms with Crippen molar-refractivity contribution in [3.63, 3.8) is 0 Å². The number of carbonyl (C=O) groups is 2. The van der Waals surface area contributed by atoms with E-state index in [2.05, 4.69) is 17.2 Å². The van der Waals surface area contributed by atoms with Crippen molar-refractivity contribution in [3.8, 4) is 0 Å². The van der Waals surface area contributed by atoms with Gasteiger partial charge >= 0.3 is 5.97 Å². The molecule has 1 aliphatic heterocycles. The summed E-state index contributed by atoms with van der Waals surface area (Å²) >= 11 is 0. The zero-order valence-corrected chi connectivity index (χ0v) is 20.9. The molecule has 36 heavy (non-hydrogen) atoms. The maximum Gasteiger partial charge on any atom is 0.336 e. The molecule has 190 valence electrons. The second-order valence-corrected chi connectivity index (χ2v) is 11.7. The number of benzene rings is 1. The van der Waals surface area contributed by atoms with Crippen LogP contribution in [0.2, 0.25) is 0 Å². The van der Waals surface area contributed by atoms with Gasteiger partial charge < -0.3 is 14.8 Å². The molecule has 1 aromatic carbocycles. The fraction of sp³-hybridized carbons (Fsp3) is 0.423. The number of sulfonamides is 1. The number of piperidine rings is 1. The van der Waals surface area contributed by atoms with Crippen molar-refractivity contribution in [1.29, 1.82) is 0 Å². The first-order valence-electron chi connectivity index (χ1n) is 12.2. The van der Waals surface area contributed by atoms with E-state index in [-0.39, 0.29) is 35.4 Å². The van der Waals surface area contributed by atoms with Gasteiger partial charge in [0, 0.05) is 30.1 Å². The molecule has 5 rings (SSSR count). The van der Waals surface area contributed by atoms with Gasteiger partial charge in [-0.1, -0.05) is 6.92 Å². The lowest BCUT2D eigenvalue weighted by molar-refractivity contribution is -0.126. The van der Waals surface area contributed by atoms with Gasteiger partial charge in [-0.25, -0.2) is 13.2 Å². The average molecular weight is 512 g/mol. The number of aromatic nitrogens is 1. The summed E-state index contributed by atoms with van der Waals surface area (Å²) in [7, 11) is -3.86. The Morgan fingerprint density at radius 2 is 1.97 bits per heavy atom. The zero-order valence-electron chi connectivity index (χ0n) is 20.1. The monoisotopic (exact) mass is 511 g/mol. The van der Waals surface area contributed by atoms with E-state index in [0.29, 0.717) is 54.0 Å². The van der Waals surface area contributed by atoms with Crippen molar-refractivity contribution in [3.05, 3.63) is 59.2 Å². The molecule has 2 aliphatic rings. The van der Waals surface area contributed by atoms with Crippen LogP contribution in [-0.2, 0) is 34.2 Å². The summed E-state index contributed by atoms with van der Waals surface area (Å²) in [6.45, 7) is 2.81. The van der Waals surface area contributed by atoms with Crippen molar-refractivity contribution >= 4 is 32.8 Å². The van der Waals surface area contributed by atoms with Crippen LogP contribution in [-0.4, -0.2) is 47.8 Å². The molecule has 1 amide bonds. The summed E-state index contributed by atoms with van der Waals surface area (Å²) in [6, 6.07) is 8.07. The third kappa shape index (κ3) is 4.62. The van der Waals surface area contributed by atoms with Crippen molar-refractivity contribution in [2.45, 2.75) is 50.5 Å². The summed E-state index contributed by atoms with van der Waals surface area (Å²) in [5.41, 5.74) is 2.16. The van der Waals surface area contributed by atoms with Crippen molar-refractivity contribution < 1.29 is 27.5 Å². The number of furan rings is 1. The fourth-order valence-electron chi connectivity index (χ4n) is 5.24. The smallest absolute Gasteiger partial charge is 0.336 e. The van der Waals surface area contributed by atoms with Crippen LogP contribution in [0.15, 0.2) is 45.9 Å². The van der Waals surface area contributed by atoms with Gasteiger partial charge in [-0.15, -0.1) is 0 Å². The first kappa shape index (κ1) is 24.5. The molecule has 3 aromatic rings. The largest absolute Gasteiger partial charge is 0.478 e. The minimum atomic E-state index is -3.86. The van der Waals surface area contributed by atoms with Gasteiger partial charge in [0.1, 0.15) is 5.76 Å². The Hall–Kier alpha value is -3.24. The molecular weight excluding hydrogens is 482 g/mol. The van der Waals surface area contributed by atoms with Gasteiger partial charge in [0.2, 0.25) is 15.9 Å². The Morgan fingerprint density at radius 1 is 1.19 bits per heavy atom. The number of hydrogen-bond donors (Lipinski definition) is 2. The van der Waals surface area contributed by atoms with Crippen LogP contribution in [0.5, 0.6) is 0 Å². The van der Waals surface area contributed by atoms with Gasteiger partial charge in [0.25, 0.3) is 0 Å². The van der Waals surface area contributed by atoms with E-state index in [0.717, 1.165) is 18.5 Å². The van der Waals surface area contributed by atoms with Crippen LogP contribution >= 0.6 is 0 Å². The van der Waals surface area contributed by atoms with E-state index in [9.17, 15) is 23.1 Å². The molecule has 1 aliphatic carbocycles. The molecule has 1 saturated heterocycles. The highest BCUT2D eigenvalue weighted by Gasteiger charge is 2.33. The Kier molecular flexibility index (Phi) is 6.57. The molecule has 10 heteroatoms. The van der Waals surface area contributed by atoms with Gasteiger partial charge in [-0.2, -0.15) is 4.31 Å². The lowest BCUT2D eigenvalue weighted by atomic mass is 9.84. The molecule has 1 fully saturated rings. The molecule has 2 N–H and O–H groups in total. The van der Waals surface area contributed by atoms with Crippen molar-refractivity contribution in [2.24, 2.45) is 11.8 Å². The quantitative estimate of drug-likeness (QED) is 0.519. The van der Waals surface area contributed by atoms with Crippen molar-refractivity contribution in [1.82, 2.24) is 14.6 Å². The number of carbonyl (C=O) groups excluding carboxylic acids is 1. The maximum atomic E-state index is 13.5. The summed E-state index contributed by atoms with van der Waals surface area (Å²) < 4.78 is 33.5. The van der Waals surface area contributed by atoms with Crippen LogP contribution < -0.4 is 5.32 Å². The molecular formula is C26H29N3O6S. The van der Waals surface area contributed by atoms with E-state index in [1.807, 2.05) is 0 Å². The van der Waals surface area contributed by atoms with E-state index < -0.39 is 16.0 Å². The van der Waals surface area contributed by atoms with Crippen LogP contribution in [0.3, 0.4) is 0 Å². The van der Waals surface area contributed by atoms with Crippen LogP contribution in [0.25, 0.3) is 10.9 Å². The average Bonchev–Trinajstić information content (AvgIpc) is 3.39. The second-order valence-electron chi connectivity index (χ2n) is 9.72. The van der Waals surface area contributed by atoms with E-state index in [1.54, 1.807) is 24.5 Å². The summed E-state index contributed by atoms with van der Waals surface area (Å²) in [4.78, 5) is 29.5. The van der Waals surface area contributed by atoms with Crippen LogP contribution in [0.1, 0.15) is 53.6 Å². The highest BCUT2D eigenvalue weighted by Crippen LogP contribution is 2.33. The number of carboxylic acids is 1. The third-order valence-corrected chi connectivity index (χ3v) is 9.16. The topological polar surface area (TPSA) is 130 Å². The Morgan fingerprint density at radius 3 is 2.67 bits per heavy atom. The number of nitrogens with one attached hydrogen (secondary N) is 1. The lowest BCUT2D eigenvalue weighted by Gasteiger charge is -2.30. The lowest BCUT2D eigenvalue weighted by Crippen LogP contribution is -2.42. The number of amides is 1. The Bertz CT molecular complexity index is 1410. The SMILES string of the molecule is C[C@@H]1CCc2nc3ccc(S(=O)(=O)N4CCC(C(=O)NCc5ccco5)CC4)cc3c(C(=O)O)c2C1. The highest BCUT2D eigenvalue weighted by atomic mass is 32.2. The van der Waals surface area contributed by atoms with Crippen molar-refractivity contribution in [2.75, 3.05) is 13.1 Å². The molecule has 1 atom stereocenters. The molecule has 3 heterocycles. The summed E-state index contributed by atoms with van der Waals surface area (Å²) in [5, 5.41) is 13.2. The Labute approximate surface area is 209 Å². The number of fused-ring (bicyclic) bond motifs is 2. The first-order chi connectivity index (χ1) is 17.2. The van der Waals surface area contributed by atoms with E-state index in [4.69, 9.17) is 4.42 Å². The maximum absolute atomic E-state index is 13.5. The molecule has 0 spiro atoms. The minimum absolute atomic E-state index is 0.0452. The van der Waals surface area contributed by atoms with Gasteiger partial charge in [-0.3, -0.25) is 9.78 Å². The zero-order chi connectivity index (χ0) is 25.4. The third-order valence-electron chi connectivity index (χ3n) is 7.26. The highest BCUT2D eigenvalue weighted by molar-refractivity contribution is 7.89. The summed E-state index contributed by atoms with van der Waals surface area (Å²) in [6.07, 6.45) is 4.65. The predicted octanol–water partition coefficient (Wildman–Crippen LogP) is 3.37. The number of aryl methyl sites for hydroxylation is 1. The minimum Gasteiger partial charge on any atom is -0.478 e. The Balaban J connectivity index is 1.35. The number of aromatic carboxylic acids is 1. The molecule has 0 bridgehead atoms. The van der Waals surface area contributed by atoms with Crippen LogP contribution in [0.4, 0.5) is 0 Å². The predicted molar refractivity (Wildman–Crippen MR) is 132 cm³/mol. The number of carboxylic acid groups (broad SMARTS) is 1.